The second kappa shape index (κ2) is 10.3. The molecule has 168 valence electrons. The van der Waals surface area contributed by atoms with Gasteiger partial charge in [-0.2, -0.15) is 4.39 Å². The number of hydrogen-bond acceptors (Lipinski definition) is 5. The third-order valence-electron chi connectivity index (χ3n) is 5.73. The highest BCUT2D eigenvalue weighted by atomic mass is 127. The van der Waals surface area contributed by atoms with Crippen LogP contribution >= 0.6 is 30.3 Å². The molecule has 0 bridgehead atoms. The van der Waals surface area contributed by atoms with E-state index in [1.807, 2.05) is 23.0 Å². The van der Waals surface area contributed by atoms with E-state index in [9.17, 15) is 8.78 Å². The van der Waals surface area contributed by atoms with Crippen molar-refractivity contribution in [2.75, 3.05) is 13.1 Å². The van der Waals surface area contributed by atoms with Crippen LogP contribution in [0.3, 0.4) is 0 Å². The zero-order valence-corrected chi connectivity index (χ0v) is 20.6. The number of aromatic nitrogens is 2. The van der Waals surface area contributed by atoms with Crippen molar-refractivity contribution in [3.8, 4) is 11.1 Å². The van der Waals surface area contributed by atoms with E-state index in [0.717, 1.165) is 60.2 Å². The Bertz CT molecular complexity index is 1170. The van der Waals surface area contributed by atoms with Crippen molar-refractivity contribution in [3.05, 3.63) is 59.8 Å². The van der Waals surface area contributed by atoms with Gasteiger partial charge in [0.15, 0.2) is 5.65 Å². The third-order valence-corrected chi connectivity index (χ3v) is 7.44. The van der Waals surface area contributed by atoms with Crippen LogP contribution in [0, 0.1) is 11.2 Å². The van der Waals surface area contributed by atoms with Gasteiger partial charge in [-0.1, -0.05) is 19.1 Å². The Hall–Kier alpha value is -1.98. The van der Waals surface area contributed by atoms with E-state index in [2.05, 4.69) is 36.8 Å². The SMILES string of the molecule is CCc1c(-c2cccc(F)c2)c2cc(/C(=C/NC3CCNCC3)C(=N)F)cnc2n1SI. The molecule has 0 atom stereocenters. The maximum absolute atomic E-state index is 14.3. The van der Waals surface area contributed by atoms with Crippen molar-refractivity contribution in [1.29, 1.82) is 5.41 Å². The van der Waals surface area contributed by atoms with Gasteiger partial charge in [-0.25, -0.2) is 9.37 Å². The maximum atomic E-state index is 14.3. The molecular weight excluding hydrogens is 543 g/mol. The van der Waals surface area contributed by atoms with Gasteiger partial charge in [-0.05, 0) is 56.1 Å². The molecule has 5 nitrogen and oxygen atoms in total. The molecule has 1 aliphatic rings. The number of nitrogens with zero attached hydrogens (tertiary/aromatic N) is 2. The van der Waals surface area contributed by atoms with Crippen LogP contribution in [-0.2, 0) is 6.42 Å². The van der Waals surface area contributed by atoms with E-state index >= 15 is 0 Å². The molecule has 9 heteroatoms. The number of hydrogen-bond donors (Lipinski definition) is 3. The van der Waals surface area contributed by atoms with E-state index < -0.39 is 5.97 Å². The number of fused-ring (bicyclic) bond motifs is 1. The van der Waals surface area contributed by atoms with Crippen molar-refractivity contribution < 1.29 is 8.78 Å². The fraction of sp³-hybridized carbons (Fsp3) is 0.304. The zero-order valence-electron chi connectivity index (χ0n) is 17.6. The molecule has 1 fully saturated rings. The lowest BCUT2D eigenvalue weighted by atomic mass is 9.99. The number of halogens is 3. The first-order valence-electron chi connectivity index (χ1n) is 10.5. The van der Waals surface area contributed by atoms with Crippen LogP contribution in [0.2, 0.25) is 0 Å². The topological polar surface area (TPSA) is 65.7 Å². The molecule has 0 spiro atoms. The largest absolute Gasteiger partial charge is 0.387 e. The standard InChI is InChI=1S/C23H24F2IN5S/c1-2-20-21(14-4-3-5-16(24)10-14)18-11-15(12-30-23(18)31(20)32-26)19(22(25)27)13-29-17-6-8-28-9-7-17/h3-5,10-13,17,27-29H,2,6-9H2,1H3/b19-13-,27-22?. The molecule has 3 aromatic rings. The Balaban J connectivity index is 1.84. The second-order valence-corrected chi connectivity index (χ2v) is 9.39. The molecule has 2 aromatic heterocycles. The Morgan fingerprint density at radius 2 is 2.16 bits per heavy atom. The maximum Gasteiger partial charge on any atom is 0.214 e. The summed E-state index contributed by atoms with van der Waals surface area (Å²) in [5, 5.41) is 15.1. The van der Waals surface area contributed by atoms with Crippen molar-refractivity contribution in [3.63, 3.8) is 0 Å². The molecule has 32 heavy (non-hydrogen) atoms. The first kappa shape index (κ1) is 23.2. The summed E-state index contributed by atoms with van der Waals surface area (Å²) in [5.41, 5.74) is 4.07. The molecule has 4 rings (SSSR count). The van der Waals surface area contributed by atoms with Gasteiger partial charge in [0.2, 0.25) is 5.97 Å². The number of pyridine rings is 1. The van der Waals surface area contributed by atoms with Crippen LogP contribution < -0.4 is 10.6 Å². The van der Waals surface area contributed by atoms with Gasteiger partial charge in [-0.3, -0.25) is 9.38 Å². The highest BCUT2D eigenvalue weighted by molar-refractivity contribution is 14.2. The molecule has 0 unspecified atom stereocenters. The van der Waals surface area contributed by atoms with Gasteiger partial charge in [0, 0.05) is 71.0 Å². The lowest BCUT2D eigenvalue weighted by Crippen LogP contribution is -2.37. The Morgan fingerprint density at radius 3 is 2.81 bits per heavy atom. The van der Waals surface area contributed by atoms with E-state index in [1.54, 1.807) is 18.5 Å². The van der Waals surface area contributed by atoms with Gasteiger partial charge >= 0.3 is 0 Å². The highest BCUT2D eigenvalue weighted by Crippen LogP contribution is 2.39. The average molecular weight is 567 g/mol. The summed E-state index contributed by atoms with van der Waals surface area (Å²) in [4.78, 5) is 4.63. The van der Waals surface area contributed by atoms with Crippen LogP contribution in [0.1, 0.15) is 31.0 Å². The van der Waals surface area contributed by atoms with E-state index in [0.29, 0.717) is 5.56 Å². The number of piperidine rings is 1. The molecule has 1 saturated heterocycles. The normalized spacial score (nSPS) is 15.3. The number of nitrogens with one attached hydrogen (secondary N) is 3. The van der Waals surface area contributed by atoms with Crippen LogP contribution in [-0.4, -0.2) is 34.1 Å². The van der Waals surface area contributed by atoms with Gasteiger partial charge in [0.25, 0.3) is 0 Å². The average Bonchev–Trinajstić information content (AvgIpc) is 3.12. The number of allylic oxidation sites excluding steroid dienone is 1. The molecule has 0 aliphatic carbocycles. The minimum absolute atomic E-state index is 0.163. The first-order valence-corrected chi connectivity index (χ1v) is 13.8. The van der Waals surface area contributed by atoms with Gasteiger partial charge in [0.1, 0.15) is 5.82 Å². The van der Waals surface area contributed by atoms with Crippen molar-refractivity contribution in [1.82, 2.24) is 19.6 Å². The van der Waals surface area contributed by atoms with Gasteiger partial charge < -0.3 is 10.6 Å². The summed E-state index contributed by atoms with van der Waals surface area (Å²) in [5.74, 6) is -1.33. The molecule has 3 N–H and O–H groups in total. The van der Waals surface area contributed by atoms with Crippen LogP contribution in [0.15, 0.2) is 42.7 Å². The molecular formula is C23H24F2IN5S. The Kier molecular flexibility index (Phi) is 7.47. The zero-order chi connectivity index (χ0) is 22.7. The van der Waals surface area contributed by atoms with Gasteiger partial charge in [-0.15, -0.1) is 0 Å². The molecule has 1 aliphatic heterocycles. The Labute approximate surface area is 202 Å². The molecule has 0 radical (unpaired) electrons. The summed E-state index contributed by atoms with van der Waals surface area (Å²) in [6.45, 7) is 3.88. The summed E-state index contributed by atoms with van der Waals surface area (Å²) in [7, 11) is 1.50. The lowest BCUT2D eigenvalue weighted by molar-refractivity contribution is 0.420. The van der Waals surface area contributed by atoms with Gasteiger partial charge in [0.05, 0.1) is 5.57 Å². The van der Waals surface area contributed by atoms with E-state index in [4.69, 9.17) is 5.41 Å². The summed E-state index contributed by atoms with van der Waals surface area (Å²) >= 11 is 2.21. The van der Waals surface area contributed by atoms with Crippen molar-refractivity contribution in [2.45, 2.75) is 32.2 Å². The fourth-order valence-electron chi connectivity index (χ4n) is 4.16. The molecule has 0 saturated carbocycles. The lowest BCUT2D eigenvalue weighted by Gasteiger charge is -2.23. The second-order valence-electron chi connectivity index (χ2n) is 7.71. The molecule has 3 heterocycles. The minimum atomic E-state index is -1.02. The third kappa shape index (κ3) is 4.69. The van der Waals surface area contributed by atoms with Crippen molar-refractivity contribution >= 4 is 52.9 Å². The number of rotatable bonds is 7. The van der Waals surface area contributed by atoms with E-state index in [1.165, 1.54) is 21.3 Å². The molecule has 0 amide bonds. The van der Waals surface area contributed by atoms with Crippen LogP contribution in [0.4, 0.5) is 8.78 Å². The molecule has 1 aromatic carbocycles. The smallest absolute Gasteiger partial charge is 0.214 e. The fourth-order valence-corrected chi connectivity index (χ4v) is 5.95. The monoisotopic (exact) mass is 567 g/mol. The summed E-state index contributed by atoms with van der Waals surface area (Å²) in [6, 6.07) is 8.59. The summed E-state index contributed by atoms with van der Waals surface area (Å²) < 4.78 is 30.3. The number of benzene rings is 1. The van der Waals surface area contributed by atoms with Crippen LogP contribution in [0.25, 0.3) is 27.7 Å². The van der Waals surface area contributed by atoms with E-state index in [-0.39, 0.29) is 17.4 Å². The highest BCUT2D eigenvalue weighted by Gasteiger charge is 2.21. The first-order chi connectivity index (χ1) is 15.5. The van der Waals surface area contributed by atoms with Crippen molar-refractivity contribution in [2.24, 2.45) is 0 Å². The predicted octanol–water partition coefficient (Wildman–Crippen LogP) is 5.88. The predicted molar refractivity (Wildman–Crippen MR) is 137 cm³/mol. The minimum Gasteiger partial charge on any atom is -0.387 e. The summed E-state index contributed by atoms with van der Waals surface area (Å²) in [6.07, 6.45) is 5.81. The van der Waals surface area contributed by atoms with Crippen LogP contribution in [0.5, 0.6) is 0 Å². The quantitative estimate of drug-likeness (QED) is 0.247. The Morgan fingerprint density at radius 1 is 1.38 bits per heavy atom.